The van der Waals surface area contributed by atoms with Gasteiger partial charge >= 0.3 is 0 Å². The van der Waals surface area contributed by atoms with Crippen LogP contribution in [0.4, 0.5) is 0 Å². The highest BCUT2D eigenvalue weighted by Crippen LogP contribution is 2.19. The van der Waals surface area contributed by atoms with E-state index >= 15 is 0 Å². The van der Waals surface area contributed by atoms with Crippen LogP contribution in [-0.2, 0) is 6.42 Å². The maximum Gasteiger partial charge on any atom is 0.0795 e. The molecule has 1 atom stereocenters. The number of hydrogen-bond donors (Lipinski definition) is 1. The first-order valence-electron chi connectivity index (χ1n) is 5.02. The van der Waals surface area contributed by atoms with Crippen molar-refractivity contribution < 1.29 is 0 Å². The summed E-state index contributed by atoms with van der Waals surface area (Å²) in [7, 11) is 0. The van der Waals surface area contributed by atoms with Gasteiger partial charge in [-0.3, -0.25) is 0 Å². The molecule has 4 heteroatoms. The van der Waals surface area contributed by atoms with Crippen molar-refractivity contribution >= 4 is 22.7 Å². The molecule has 2 heterocycles. The monoisotopic (exact) mass is 238 g/mol. The normalized spacial score (nSPS) is 12.9. The van der Waals surface area contributed by atoms with Crippen molar-refractivity contribution in [1.82, 2.24) is 10.3 Å². The summed E-state index contributed by atoms with van der Waals surface area (Å²) >= 11 is 3.41. The van der Waals surface area contributed by atoms with E-state index in [0.717, 1.165) is 18.7 Å². The van der Waals surface area contributed by atoms with Crippen LogP contribution >= 0.6 is 22.7 Å². The van der Waals surface area contributed by atoms with Crippen LogP contribution in [0.1, 0.15) is 24.2 Å². The van der Waals surface area contributed by atoms with Gasteiger partial charge in [-0.05, 0) is 35.4 Å². The van der Waals surface area contributed by atoms with E-state index in [-0.39, 0.29) is 0 Å². The summed E-state index contributed by atoms with van der Waals surface area (Å²) in [6.07, 6.45) is 1.03. The number of aromatic nitrogens is 1. The highest BCUT2D eigenvalue weighted by Gasteiger charge is 2.12. The Balaban J connectivity index is 2.07. The van der Waals surface area contributed by atoms with Crippen LogP contribution in [-0.4, -0.2) is 11.5 Å². The summed E-state index contributed by atoms with van der Waals surface area (Å²) in [5, 5.41) is 9.93. The largest absolute Gasteiger partial charge is 0.309 e. The van der Waals surface area contributed by atoms with Gasteiger partial charge in [0.2, 0.25) is 0 Å². The fourth-order valence-electron chi connectivity index (χ4n) is 1.57. The molecule has 0 bridgehead atoms. The van der Waals surface area contributed by atoms with Gasteiger partial charge in [-0.1, -0.05) is 6.92 Å². The van der Waals surface area contributed by atoms with E-state index in [1.165, 1.54) is 5.56 Å². The highest BCUT2D eigenvalue weighted by atomic mass is 32.1. The molecule has 0 saturated heterocycles. The predicted octanol–water partition coefficient (Wildman–Crippen LogP) is 3.10. The first-order valence-corrected chi connectivity index (χ1v) is 6.91. The molecule has 2 aromatic rings. The lowest BCUT2D eigenvalue weighted by Gasteiger charge is -2.14. The average Bonchev–Trinajstić information content (AvgIpc) is 2.89. The number of nitrogens with zero attached hydrogens (tertiary/aromatic N) is 1. The minimum atomic E-state index is 0.357. The summed E-state index contributed by atoms with van der Waals surface area (Å²) in [5.74, 6) is 0. The lowest BCUT2D eigenvalue weighted by molar-refractivity contribution is 0.540. The molecule has 0 saturated carbocycles. The van der Waals surface area contributed by atoms with Gasteiger partial charge in [-0.25, -0.2) is 4.98 Å². The predicted molar refractivity (Wildman–Crippen MR) is 66.6 cm³/mol. The molecule has 0 aromatic carbocycles. The van der Waals surface area contributed by atoms with E-state index in [9.17, 15) is 0 Å². The molecule has 0 aliphatic carbocycles. The molecule has 1 N–H and O–H groups in total. The Morgan fingerprint density at radius 3 is 2.93 bits per heavy atom. The van der Waals surface area contributed by atoms with E-state index in [1.807, 2.05) is 5.51 Å². The lowest BCUT2D eigenvalue weighted by Crippen LogP contribution is -2.23. The topological polar surface area (TPSA) is 24.9 Å². The van der Waals surface area contributed by atoms with Crippen molar-refractivity contribution in [3.05, 3.63) is 39.0 Å². The molecule has 0 aliphatic rings. The van der Waals surface area contributed by atoms with Crippen molar-refractivity contribution in [2.75, 3.05) is 6.54 Å². The van der Waals surface area contributed by atoms with E-state index in [2.05, 4.69) is 39.4 Å². The number of hydrogen-bond acceptors (Lipinski definition) is 4. The standard InChI is InChI=1S/C11H14N2S2/c1-2-12-10(11-7-15-8-13-11)5-9-3-4-14-6-9/h3-4,6-8,10,12H,2,5H2,1H3. The van der Waals surface area contributed by atoms with Gasteiger partial charge in [-0.15, -0.1) is 11.3 Å². The molecular formula is C11H14N2S2. The summed E-state index contributed by atoms with van der Waals surface area (Å²) in [4.78, 5) is 4.38. The van der Waals surface area contributed by atoms with Crippen LogP contribution < -0.4 is 5.32 Å². The molecule has 0 amide bonds. The second kappa shape index (κ2) is 5.39. The number of thiazole rings is 1. The van der Waals surface area contributed by atoms with Gasteiger partial charge < -0.3 is 5.32 Å². The summed E-state index contributed by atoms with van der Waals surface area (Å²) in [6.45, 7) is 3.11. The molecule has 0 spiro atoms. The van der Waals surface area contributed by atoms with Gasteiger partial charge in [0.05, 0.1) is 17.2 Å². The maximum absolute atomic E-state index is 4.38. The van der Waals surface area contributed by atoms with E-state index in [1.54, 1.807) is 22.7 Å². The van der Waals surface area contributed by atoms with Crippen LogP contribution in [0.2, 0.25) is 0 Å². The first-order chi connectivity index (χ1) is 7.40. The minimum absolute atomic E-state index is 0.357. The van der Waals surface area contributed by atoms with Gasteiger partial charge in [-0.2, -0.15) is 11.3 Å². The third-order valence-corrected chi connectivity index (χ3v) is 3.62. The SMILES string of the molecule is CCNC(Cc1ccsc1)c1cscn1. The Morgan fingerprint density at radius 2 is 2.33 bits per heavy atom. The van der Waals surface area contributed by atoms with Crippen molar-refractivity contribution in [2.45, 2.75) is 19.4 Å². The van der Waals surface area contributed by atoms with E-state index in [4.69, 9.17) is 0 Å². The molecule has 2 rings (SSSR count). The third-order valence-electron chi connectivity index (χ3n) is 2.28. The molecule has 80 valence electrons. The van der Waals surface area contributed by atoms with Gasteiger partial charge in [0.15, 0.2) is 0 Å². The Labute approximate surface area is 98.0 Å². The smallest absolute Gasteiger partial charge is 0.0795 e. The van der Waals surface area contributed by atoms with Crippen molar-refractivity contribution in [3.63, 3.8) is 0 Å². The fraction of sp³-hybridized carbons (Fsp3) is 0.364. The molecule has 2 nitrogen and oxygen atoms in total. The summed E-state index contributed by atoms with van der Waals surface area (Å²) < 4.78 is 0. The van der Waals surface area contributed by atoms with Crippen LogP contribution in [0.3, 0.4) is 0 Å². The van der Waals surface area contributed by atoms with Crippen LogP contribution in [0.15, 0.2) is 27.7 Å². The molecule has 0 fully saturated rings. The molecule has 2 aromatic heterocycles. The maximum atomic E-state index is 4.38. The molecule has 0 aliphatic heterocycles. The minimum Gasteiger partial charge on any atom is -0.309 e. The summed E-state index contributed by atoms with van der Waals surface area (Å²) in [6, 6.07) is 2.54. The third kappa shape index (κ3) is 2.87. The Kier molecular flexibility index (Phi) is 3.88. The van der Waals surface area contributed by atoms with Crippen LogP contribution in [0, 0.1) is 0 Å². The Bertz CT molecular complexity index is 367. The van der Waals surface area contributed by atoms with Crippen LogP contribution in [0.25, 0.3) is 0 Å². The highest BCUT2D eigenvalue weighted by molar-refractivity contribution is 7.08. The number of rotatable bonds is 5. The quantitative estimate of drug-likeness (QED) is 0.866. The second-order valence-electron chi connectivity index (χ2n) is 3.36. The van der Waals surface area contributed by atoms with Gasteiger partial charge in [0, 0.05) is 5.38 Å². The van der Waals surface area contributed by atoms with Crippen molar-refractivity contribution in [1.29, 1.82) is 0 Å². The van der Waals surface area contributed by atoms with Crippen molar-refractivity contribution in [2.24, 2.45) is 0 Å². The second-order valence-corrected chi connectivity index (χ2v) is 4.86. The molecule has 1 unspecified atom stereocenters. The number of nitrogens with one attached hydrogen (secondary N) is 1. The Hall–Kier alpha value is -0.710. The molecular weight excluding hydrogens is 224 g/mol. The summed E-state index contributed by atoms with van der Waals surface area (Å²) in [5.41, 5.74) is 4.44. The van der Waals surface area contributed by atoms with E-state index < -0.39 is 0 Å². The zero-order valence-electron chi connectivity index (χ0n) is 8.64. The van der Waals surface area contributed by atoms with Crippen molar-refractivity contribution in [3.8, 4) is 0 Å². The molecule has 0 radical (unpaired) electrons. The average molecular weight is 238 g/mol. The van der Waals surface area contributed by atoms with Crippen LogP contribution in [0.5, 0.6) is 0 Å². The van der Waals surface area contributed by atoms with Gasteiger partial charge in [0.25, 0.3) is 0 Å². The number of thiophene rings is 1. The van der Waals surface area contributed by atoms with Gasteiger partial charge in [0.1, 0.15) is 0 Å². The van der Waals surface area contributed by atoms with E-state index in [0.29, 0.717) is 6.04 Å². The zero-order valence-corrected chi connectivity index (χ0v) is 10.3. The fourth-order valence-corrected chi connectivity index (χ4v) is 2.86. The number of likely N-dealkylation sites (N-methyl/N-ethyl adjacent to an activating group) is 1. The zero-order chi connectivity index (χ0) is 10.5. The Morgan fingerprint density at radius 1 is 1.40 bits per heavy atom. The lowest BCUT2D eigenvalue weighted by atomic mass is 10.1. The first kappa shape index (κ1) is 10.8. The molecule has 15 heavy (non-hydrogen) atoms.